The number of hydrogen-bond acceptors (Lipinski definition) is 3. The lowest BCUT2D eigenvalue weighted by Gasteiger charge is -2.14. The van der Waals surface area contributed by atoms with Gasteiger partial charge in [-0.1, -0.05) is 12.8 Å². The van der Waals surface area contributed by atoms with Crippen LogP contribution in [-0.4, -0.2) is 24.0 Å². The first kappa shape index (κ1) is 11.9. The van der Waals surface area contributed by atoms with Crippen LogP contribution in [0.3, 0.4) is 0 Å². The molecule has 0 spiro atoms. The zero-order chi connectivity index (χ0) is 12.3. The minimum atomic E-state index is -0.0457. The van der Waals surface area contributed by atoms with E-state index in [0.29, 0.717) is 11.4 Å². The summed E-state index contributed by atoms with van der Waals surface area (Å²) < 4.78 is 0. The minimum absolute atomic E-state index is 0.0457. The topological polar surface area (TPSA) is 54.0 Å². The maximum atomic E-state index is 12.0. The van der Waals surface area contributed by atoms with E-state index in [4.69, 9.17) is 0 Å². The molecule has 4 heteroatoms. The van der Waals surface area contributed by atoms with E-state index < -0.39 is 0 Å². The summed E-state index contributed by atoms with van der Waals surface area (Å²) in [6.07, 6.45) is 5.39. The maximum Gasteiger partial charge on any atom is 0.255 e. The van der Waals surface area contributed by atoms with Crippen LogP contribution in [-0.2, 0) is 0 Å². The van der Waals surface area contributed by atoms with Gasteiger partial charge in [0.05, 0.1) is 5.56 Å². The smallest absolute Gasteiger partial charge is 0.255 e. The molecule has 1 heterocycles. The van der Waals surface area contributed by atoms with E-state index in [-0.39, 0.29) is 11.9 Å². The van der Waals surface area contributed by atoms with Crippen LogP contribution in [0.2, 0.25) is 0 Å². The van der Waals surface area contributed by atoms with Crippen LogP contribution in [0.1, 0.15) is 36.5 Å². The van der Waals surface area contributed by atoms with Gasteiger partial charge in [-0.2, -0.15) is 0 Å². The highest BCUT2D eigenvalue weighted by Gasteiger charge is 2.24. The number of carbonyl (C=O) groups is 1. The van der Waals surface area contributed by atoms with Crippen molar-refractivity contribution < 1.29 is 4.79 Å². The second kappa shape index (κ2) is 5.17. The first-order valence-electron chi connectivity index (χ1n) is 6.14. The Morgan fingerprint density at radius 1 is 1.59 bits per heavy atom. The van der Waals surface area contributed by atoms with Crippen molar-refractivity contribution in [2.45, 2.75) is 32.2 Å². The van der Waals surface area contributed by atoms with Crippen LogP contribution in [0, 0.1) is 5.92 Å². The molecule has 0 saturated heterocycles. The first-order valence-corrected chi connectivity index (χ1v) is 6.14. The summed E-state index contributed by atoms with van der Waals surface area (Å²) in [5.41, 5.74) is 0.609. The average Bonchev–Trinajstić information content (AvgIpc) is 3.12. The predicted octanol–water partition coefficient (Wildman–Crippen LogP) is 2.04. The molecule has 0 radical (unpaired) electrons. The van der Waals surface area contributed by atoms with E-state index in [1.807, 2.05) is 0 Å². The summed E-state index contributed by atoms with van der Waals surface area (Å²) in [5.74, 6) is 1.40. The fourth-order valence-electron chi connectivity index (χ4n) is 2.00. The van der Waals surface area contributed by atoms with E-state index in [1.54, 1.807) is 25.4 Å². The Balaban J connectivity index is 1.97. The quantitative estimate of drug-likeness (QED) is 0.818. The molecular formula is C13H19N3O. The fourth-order valence-corrected chi connectivity index (χ4v) is 2.00. The molecule has 0 aromatic carbocycles. The summed E-state index contributed by atoms with van der Waals surface area (Å²) in [7, 11) is 1.77. The molecule has 92 valence electrons. The lowest BCUT2D eigenvalue weighted by Crippen LogP contribution is -2.33. The summed E-state index contributed by atoms with van der Waals surface area (Å²) in [6.45, 7) is 2.06. The summed E-state index contributed by atoms with van der Waals surface area (Å²) in [4.78, 5) is 16.2. The van der Waals surface area contributed by atoms with Crippen molar-refractivity contribution in [2.24, 2.45) is 5.92 Å². The van der Waals surface area contributed by atoms with Gasteiger partial charge in [0.25, 0.3) is 5.91 Å². The zero-order valence-corrected chi connectivity index (χ0v) is 10.4. The van der Waals surface area contributed by atoms with Crippen LogP contribution in [0.5, 0.6) is 0 Å². The van der Waals surface area contributed by atoms with Crippen LogP contribution >= 0.6 is 0 Å². The van der Waals surface area contributed by atoms with Gasteiger partial charge >= 0.3 is 0 Å². The van der Waals surface area contributed by atoms with E-state index >= 15 is 0 Å². The van der Waals surface area contributed by atoms with Crippen molar-refractivity contribution in [3.8, 4) is 0 Å². The van der Waals surface area contributed by atoms with Gasteiger partial charge in [-0.05, 0) is 31.4 Å². The van der Waals surface area contributed by atoms with E-state index in [0.717, 1.165) is 12.3 Å². The van der Waals surface area contributed by atoms with E-state index in [9.17, 15) is 4.79 Å². The molecule has 0 aliphatic heterocycles. The van der Waals surface area contributed by atoms with E-state index in [2.05, 4.69) is 22.5 Å². The predicted molar refractivity (Wildman–Crippen MR) is 68.1 cm³/mol. The Morgan fingerprint density at radius 2 is 2.35 bits per heavy atom. The number of aromatic nitrogens is 1. The minimum Gasteiger partial charge on any atom is -0.372 e. The Kier molecular flexibility index (Phi) is 3.61. The third-order valence-electron chi connectivity index (χ3n) is 3.05. The number of hydrogen-bond donors (Lipinski definition) is 2. The van der Waals surface area contributed by atoms with Gasteiger partial charge in [0.15, 0.2) is 0 Å². The highest BCUT2D eigenvalue weighted by molar-refractivity contribution is 5.98. The van der Waals surface area contributed by atoms with Gasteiger partial charge in [0.1, 0.15) is 5.82 Å². The first-order chi connectivity index (χ1) is 8.20. The molecule has 1 fully saturated rings. The molecule has 1 aliphatic rings. The van der Waals surface area contributed by atoms with Gasteiger partial charge in [-0.15, -0.1) is 0 Å². The Bertz CT molecular complexity index is 401. The molecule has 1 aliphatic carbocycles. The SMILES string of the molecule is CNc1ncccc1C(=O)NC(C)CC1CC1. The number of nitrogens with one attached hydrogen (secondary N) is 2. The van der Waals surface area contributed by atoms with Crippen molar-refractivity contribution >= 4 is 11.7 Å². The molecule has 0 bridgehead atoms. The van der Waals surface area contributed by atoms with Gasteiger partial charge in [-0.3, -0.25) is 4.79 Å². The number of carbonyl (C=O) groups excluding carboxylic acids is 1. The highest BCUT2D eigenvalue weighted by Crippen LogP contribution is 2.33. The van der Waals surface area contributed by atoms with E-state index in [1.165, 1.54) is 12.8 Å². The summed E-state index contributed by atoms with van der Waals surface area (Å²) in [6, 6.07) is 3.80. The van der Waals surface area contributed by atoms with Crippen LogP contribution in [0.25, 0.3) is 0 Å². The summed E-state index contributed by atoms with van der Waals surface area (Å²) >= 11 is 0. The average molecular weight is 233 g/mol. The molecule has 2 N–H and O–H groups in total. The molecular weight excluding hydrogens is 214 g/mol. The van der Waals surface area contributed by atoms with Crippen LogP contribution in [0.15, 0.2) is 18.3 Å². The number of nitrogens with zero attached hydrogens (tertiary/aromatic N) is 1. The molecule has 1 aromatic heterocycles. The fraction of sp³-hybridized carbons (Fsp3) is 0.538. The molecule has 17 heavy (non-hydrogen) atoms. The molecule has 1 saturated carbocycles. The Labute approximate surface area is 102 Å². The van der Waals surface area contributed by atoms with Crippen molar-refractivity contribution in [1.29, 1.82) is 0 Å². The molecule has 1 unspecified atom stereocenters. The third-order valence-corrected chi connectivity index (χ3v) is 3.05. The summed E-state index contributed by atoms with van der Waals surface area (Å²) in [5, 5.41) is 5.95. The maximum absolute atomic E-state index is 12.0. The number of anilines is 1. The number of amides is 1. The Hall–Kier alpha value is -1.58. The largest absolute Gasteiger partial charge is 0.372 e. The molecule has 4 nitrogen and oxygen atoms in total. The lowest BCUT2D eigenvalue weighted by molar-refractivity contribution is 0.0938. The second-order valence-electron chi connectivity index (χ2n) is 4.70. The number of rotatable bonds is 5. The molecule has 1 amide bonds. The monoisotopic (exact) mass is 233 g/mol. The van der Waals surface area contributed by atoms with Crippen LogP contribution in [0.4, 0.5) is 5.82 Å². The second-order valence-corrected chi connectivity index (χ2v) is 4.70. The molecule has 1 aromatic rings. The highest BCUT2D eigenvalue weighted by atomic mass is 16.1. The third kappa shape index (κ3) is 3.19. The standard InChI is InChI=1S/C13H19N3O/c1-9(8-10-5-6-10)16-13(17)11-4-3-7-15-12(11)14-2/h3-4,7,9-10H,5-6,8H2,1-2H3,(H,14,15)(H,16,17). The zero-order valence-electron chi connectivity index (χ0n) is 10.4. The Morgan fingerprint density at radius 3 is 3.00 bits per heavy atom. The van der Waals surface area contributed by atoms with Gasteiger partial charge in [0.2, 0.25) is 0 Å². The van der Waals surface area contributed by atoms with Gasteiger partial charge in [-0.25, -0.2) is 4.98 Å². The van der Waals surface area contributed by atoms with Crippen LogP contribution < -0.4 is 10.6 Å². The van der Waals surface area contributed by atoms with Crippen molar-refractivity contribution in [3.05, 3.63) is 23.9 Å². The van der Waals surface area contributed by atoms with Gasteiger partial charge in [0, 0.05) is 19.3 Å². The lowest BCUT2D eigenvalue weighted by atomic mass is 10.1. The normalized spacial score (nSPS) is 16.4. The van der Waals surface area contributed by atoms with Crippen molar-refractivity contribution in [1.82, 2.24) is 10.3 Å². The molecule has 1 atom stereocenters. The van der Waals surface area contributed by atoms with Gasteiger partial charge < -0.3 is 10.6 Å². The molecule has 2 rings (SSSR count). The number of pyridine rings is 1. The van der Waals surface area contributed by atoms with Crippen molar-refractivity contribution in [3.63, 3.8) is 0 Å². The van der Waals surface area contributed by atoms with Crippen molar-refractivity contribution in [2.75, 3.05) is 12.4 Å².